The minimum atomic E-state index is 0. The van der Waals surface area contributed by atoms with Crippen molar-refractivity contribution in [2.75, 3.05) is 58.9 Å². The van der Waals surface area contributed by atoms with Crippen LogP contribution in [0.25, 0.3) is 0 Å². The van der Waals surface area contributed by atoms with Gasteiger partial charge in [-0.1, -0.05) is 30.7 Å². The van der Waals surface area contributed by atoms with Crippen LogP contribution in [0.2, 0.25) is 5.02 Å². The third-order valence-electron chi connectivity index (χ3n) is 5.92. The van der Waals surface area contributed by atoms with Crippen LogP contribution in [0.15, 0.2) is 29.3 Å². The number of hydrogen-bond acceptors (Lipinski definition) is 3. The Labute approximate surface area is 209 Å². The van der Waals surface area contributed by atoms with E-state index in [-0.39, 0.29) is 29.9 Å². The predicted octanol–water partition coefficient (Wildman–Crippen LogP) is 3.34. The van der Waals surface area contributed by atoms with Gasteiger partial charge in [0.25, 0.3) is 0 Å². The highest BCUT2D eigenvalue weighted by Gasteiger charge is 2.25. The number of carbonyl (C=O) groups excluding carboxylic acids is 1. The van der Waals surface area contributed by atoms with Crippen LogP contribution in [0, 0.1) is 5.92 Å². The fourth-order valence-corrected chi connectivity index (χ4v) is 4.54. The van der Waals surface area contributed by atoms with E-state index in [1.165, 1.54) is 32.5 Å². The highest BCUT2D eigenvalue weighted by Crippen LogP contribution is 2.17. The quantitative estimate of drug-likeness (QED) is 0.315. The number of carbonyl (C=O) groups is 1. The smallest absolute Gasteiger partial charge is 0.227 e. The Balaban J connectivity index is 0.00000341. The molecule has 0 radical (unpaired) electrons. The molecule has 2 aliphatic heterocycles. The van der Waals surface area contributed by atoms with Crippen molar-refractivity contribution in [1.82, 2.24) is 20.0 Å². The van der Waals surface area contributed by atoms with Crippen molar-refractivity contribution >= 4 is 47.4 Å². The largest absolute Gasteiger partial charge is 0.357 e. The average Bonchev–Trinajstić information content (AvgIpc) is 3.19. The number of rotatable bonds is 7. The third kappa shape index (κ3) is 8.09. The van der Waals surface area contributed by atoms with E-state index < -0.39 is 0 Å². The van der Waals surface area contributed by atoms with Gasteiger partial charge in [-0.15, -0.1) is 24.0 Å². The molecule has 6 nitrogen and oxygen atoms in total. The van der Waals surface area contributed by atoms with Crippen LogP contribution in [0.3, 0.4) is 0 Å². The summed E-state index contributed by atoms with van der Waals surface area (Å²) < 4.78 is 0. The molecule has 0 bridgehead atoms. The Morgan fingerprint density at radius 1 is 1.16 bits per heavy atom. The molecule has 2 aliphatic rings. The van der Waals surface area contributed by atoms with Crippen LogP contribution in [-0.4, -0.2) is 85.5 Å². The first-order valence-corrected chi connectivity index (χ1v) is 11.7. The predicted molar refractivity (Wildman–Crippen MR) is 140 cm³/mol. The minimum absolute atomic E-state index is 0. The molecule has 0 aromatic heterocycles. The molecule has 1 unspecified atom stereocenters. The normalized spacial score (nSPS) is 20.0. The molecule has 1 atom stereocenters. The minimum Gasteiger partial charge on any atom is -0.357 e. The first-order chi connectivity index (χ1) is 14.6. The van der Waals surface area contributed by atoms with E-state index in [9.17, 15) is 4.79 Å². The molecule has 1 amide bonds. The molecule has 31 heavy (non-hydrogen) atoms. The summed E-state index contributed by atoms with van der Waals surface area (Å²) in [6, 6.07) is 7.56. The van der Waals surface area contributed by atoms with Gasteiger partial charge < -0.3 is 20.0 Å². The first kappa shape index (κ1) is 26.2. The molecule has 2 heterocycles. The van der Waals surface area contributed by atoms with Gasteiger partial charge in [-0.05, 0) is 56.5 Å². The Morgan fingerprint density at radius 3 is 2.58 bits per heavy atom. The number of amides is 1. The topological polar surface area (TPSA) is 51.2 Å². The summed E-state index contributed by atoms with van der Waals surface area (Å²) in [4.78, 5) is 24.4. The SMILES string of the molecule is CCCN1CCC(CN=C(NCC)N2CCN(C(=O)Cc3cccc(Cl)c3)CC2)C1.I. The zero-order chi connectivity index (χ0) is 21.3. The van der Waals surface area contributed by atoms with E-state index in [1.807, 2.05) is 29.2 Å². The van der Waals surface area contributed by atoms with Crippen LogP contribution >= 0.6 is 35.6 Å². The van der Waals surface area contributed by atoms with Gasteiger partial charge in [-0.2, -0.15) is 0 Å². The lowest BCUT2D eigenvalue weighted by Crippen LogP contribution is -2.54. The van der Waals surface area contributed by atoms with Gasteiger partial charge in [0.2, 0.25) is 5.91 Å². The van der Waals surface area contributed by atoms with Gasteiger partial charge in [-0.25, -0.2) is 0 Å². The molecule has 2 saturated heterocycles. The number of benzene rings is 1. The number of nitrogens with zero attached hydrogens (tertiary/aromatic N) is 4. The second-order valence-electron chi connectivity index (χ2n) is 8.32. The summed E-state index contributed by atoms with van der Waals surface area (Å²) in [6.07, 6.45) is 2.87. The molecular formula is C23H37ClIN5O. The Hall–Kier alpha value is -1.06. The van der Waals surface area contributed by atoms with Gasteiger partial charge in [0.1, 0.15) is 0 Å². The van der Waals surface area contributed by atoms with Crippen LogP contribution in [-0.2, 0) is 11.2 Å². The van der Waals surface area contributed by atoms with Crippen LogP contribution in [0.1, 0.15) is 32.3 Å². The zero-order valence-corrected chi connectivity index (χ0v) is 21.9. The monoisotopic (exact) mass is 561 g/mol. The molecule has 174 valence electrons. The maximum atomic E-state index is 12.7. The molecule has 0 aliphatic carbocycles. The summed E-state index contributed by atoms with van der Waals surface area (Å²) >= 11 is 6.04. The van der Waals surface area contributed by atoms with Gasteiger partial charge in [0.15, 0.2) is 5.96 Å². The fourth-order valence-electron chi connectivity index (χ4n) is 4.32. The van der Waals surface area contributed by atoms with Gasteiger partial charge in [0.05, 0.1) is 6.42 Å². The highest BCUT2D eigenvalue weighted by atomic mass is 127. The second-order valence-corrected chi connectivity index (χ2v) is 8.76. The number of nitrogens with one attached hydrogen (secondary N) is 1. The van der Waals surface area contributed by atoms with Crippen molar-refractivity contribution < 1.29 is 4.79 Å². The first-order valence-electron chi connectivity index (χ1n) is 11.4. The Morgan fingerprint density at radius 2 is 1.90 bits per heavy atom. The summed E-state index contributed by atoms with van der Waals surface area (Å²) in [5.41, 5.74) is 0.971. The average molecular weight is 562 g/mol. The molecule has 8 heteroatoms. The van der Waals surface area contributed by atoms with E-state index in [2.05, 4.69) is 29.0 Å². The van der Waals surface area contributed by atoms with Crippen molar-refractivity contribution in [3.8, 4) is 0 Å². The Bertz CT molecular complexity index is 724. The molecule has 2 fully saturated rings. The maximum Gasteiger partial charge on any atom is 0.227 e. The zero-order valence-electron chi connectivity index (χ0n) is 18.9. The second kappa shape index (κ2) is 13.5. The lowest BCUT2D eigenvalue weighted by atomic mass is 10.1. The van der Waals surface area contributed by atoms with Crippen LogP contribution in [0.4, 0.5) is 0 Å². The number of hydrogen-bond donors (Lipinski definition) is 1. The van der Waals surface area contributed by atoms with Crippen molar-refractivity contribution in [1.29, 1.82) is 0 Å². The lowest BCUT2D eigenvalue weighted by molar-refractivity contribution is -0.131. The molecule has 3 rings (SSSR count). The van der Waals surface area contributed by atoms with Gasteiger partial charge in [-0.3, -0.25) is 9.79 Å². The molecular weight excluding hydrogens is 525 g/mol. The summed E-state index contributed by atoms with van der Waals surface area (Å²) in [5, 5.41) is 4.12. The Kier molecular flexibility index (Phi) is 11.4. The number of guanidine groups is 1. The fraction of sp³-hybridized carbons (Fsp3) is 0.652. The van der Waals surface area contributed by atoms with E-state index in [0.717, 1.165) is 50.8 Å². The number of likely N-dealkylation sites (tertiary alicyclic amines) is 1. The number of aliphatic imine (C=N–C) groups is 1. The summed E-state index contributed by atoms with van der Waals surface area (Å²) in [5.74, 6) is 1.82. The third-order valence-corrected chi connectivity index (χ3v) is 6.16. The van der Waals surface area contributed by atoms with Crippen molar-refractivity contribution in [3.05, 3.63) is 34.9 Å². The van der Waals surface area contributed by atoms with Crippen molar-refractivity contribution in [2.45, 2.75) is 33.1 Å². The number of halogens is 2. The van der Waals surface area contributed by atoms with E-state index in [4.69, 9.17) is 16.6 Å². The van der Waals surface area contributed by atoms with E-state index >= 15 is 0 Å². The lowest BCUT2D eigenvalue weighted by Gasteiger charge is -2.36. The van der Waals surface area contributed by atoms with Crippen molar-refractivity contribution in [2.24, 2.45) is 10.9 Å². The molecule has 1 aromatic rings. The molecule has 0 spiro atoms. The van der Waals surface area contributed by atoms with E-state index in [0.29, 0.717) is 17.4 Å². The molecule has 1 N–H and O–H groups in total. The summed E-state index contributed by atoms with van der Waals surface area (Å²) in [6.45, 7) is 12.8. The molecule has 0 saturated carbocycles. The van der Waals surface area contributed by atoms with Gasteiger partial charge >= 0.3 is 0 Å². The standard InChI is InChI=1S/C23H36ClN5O.HI/c1-3-9-27-10-8-20(18-27)17-26-23(25-4-2)29-13-11-28(12-14-29)22(30)16-19-6-5-7-21(24)15-19;/h5-7,15,20H,3-4,8-14,16-18H2,1-2H3,(H,25,26);1H. The van der Waals surface area contributed by atoms with Crippen molar-refractivity contribution in [3.63, 3.8) is 0 Å². The van der Waals surface area contributed by atoms with E-state index in [1.54, 1.807) is 0 Å². The molecule has 1 aromatic carbocycles. The highest BCUT2D eigenvalue weighted by molar-refractivity contribution is 14.0. The number of piperazine rings is 1. The summed E-state index contributed by atoms with van der Waals surface area (Å²) in [7, 11) is 0. The maximum absolute atomic E-state index is 12.7. The van der Waals surface area contributed by atoms with Crippen LogP contribution in [0.5, 0.6) is 0 Å². The van der Waals surface area contributed by atoms with Crippen LogP contribution < -0.4 is 5.32 Å². The van der Waals surface area contributed by atoms with Gasteiger partial charge in [0, 0.05) is 50.8 Å².